The van der Waals surface area contributed by atoms with Gasteiger partial charge in [-0.25, -0.2) is 4.39 Å². The van der Waals surface area contributed by atoms with Crippen molar-refractivity contribution in [2.24, 2.45) is 0 Å². The zero-order valence-electron chi connectivity index (χ0n) is 8.46. The Labute approximate surface area is 95.9 Å². The molecule has 0 heterocycles. The van der Waals surface area contributed by atoms with Gasteiger partial charge in [-0.3, -0.25) is 0 Å². The fourth-order valence-electron chi connectivity index (χ4n) is 1.31. The number of benzene rings is 1. The van der Waals surface area contributed by atoms with Gasteiger partial charge in [-0.2, -0.15) is 0 Å². The molecule has 0 aliphatic rings. The van der Waals surface area contributed by atoms with E-state index in [9.17, 15) is 9.50 Å². The van der Waals surface area contributed by atoms with Gasteiger partial charge < -0.3 is 14.6 Å². The third kappa shape index (κ3) is 2.60. The van der Waals surface area contributed by atoms with Gasteiger partial charge in [0, 0.05) is 4.47 Å². The molecular weight excluding hydrogens is 267 g/mol. The van der Waals surface area contributed by atoms with Crippen molar-refractivity contribution in [2.75, 3.05) is 20.9 Å². The van der Waals surface area contributed by atoms with Gasteiger partial charge in [-0.1, -0.05) is 15.9 Å². The summed E-state index contributed by atoms with van der Waals surface area (Å²) in [5, 5.41) is 9.49. The van der Waals surface area contributed by atoms with Crippen LogP contribution in [-0.2, 0) is 0 Å². The summed E-state index contributed by atoms with van der Waals surface area (Å²) in [7, 11) is 2.91. The van der Waals surface area contributed by atoms with E-state index in [0.717, 1.165) is 4.47 Å². The van der Waals surface area contributed by atoms with Gasteiger partial charge in [-0.15, -0.1) is 0 Å². The molecule has 84 valence electrons. The van der Waals surface area contributed by atoms with E-state index in [2.05, 4.69) is 15.9 Å². The molecule has 0 spiro atoms. The first kappa shape index (κ1) is 12.3. The Morgan fingerprint density at radius 2 is 1.80 bits per heavy atom. The summed E-state index contributed by atoms with van der Waals surface area (Å²) in [6, 6.07) is 3.30. The fourth-order valence-corrected chi connectivity index (χ4v) is 1.73. The predicted molar refractivity (Wildman–Crippen MR) is 58.2 cm³/mol. The monoisotopic (exact) mass is 278 g/mol. The van der Waals surface area contributed by atoms with E-state index in [0.29, 0.717) is 17.1 Å². The second-order valence-corrected chi connectivity index (χ2v) is 3.81. The van der Waals surface area contributed by atoms with Crippen molar-refractivity contribution in [1.82, 2.24) is 0 Å². The predicted octanol–water partition coefficient (Wildman–Crippen LogP) is 2.47. The number of alkyl halides is 1. The maximum atomic E-state index is 12.4. The first-order valence-electron chi connectivity index (χ1n) is 4.29. The number of methoxy groups -OCH3 is 2. The molecule has 15 heavy (non-hydrogen) atoms. The molecule has 0 radical (unpaired) electrons. The van der Waals surface area contributed by atoms with Crippen LogP contribution in [0.15, 0.2) is 16.6 Å². The van der Waals surface area contributed by atoms with E-state index < -0.39 is 12.8 Å². The number of rotatable bonds is 4. The van der Waals surface area contributed by atoms with Crippen molar-refractivity contribution in [2.45, 2.75) is 6.10 Å². The molecule has 0 bridgehead atoms. The molecule has 0 saturated heterocycles. The minimum absolute atomic E-state index is 0.325. The van der Waals surface area contributed by atoms with Crippen molar-refractivity contribution in [3.05, 3.63) is 22.2 Å². The third-order valence-corrected chi connectivity index (χ3v) is 2.45. The second kappa shape index (κ2) is 5.32. The molecule has 1 aromatic rings. The molecule has 3 nitrogen and oxygen atoms in total. The highest BCUT2D eigenvalue weighted by Gasteiger charge is 2.19. The Morgan fingerprint density at radius 3 is 2.13 bits per heavy atom. The van der Waals surface area contributed by atoms with Gasteiger partial charge >= 0.3 is 0 Å². The molecule has 0 amide bonds. The van der Waals surface area contributed by atoms with Crippen LogP contribution in [0.1, 0.15) is 11.7 Å². The Hall–Kier alpha value is -0.810. The maximum Gasteiger partial charge on any atom is 0.129 e. The second-order valence-electron chi connectivity index (χ2n) is 2.89. The lowest BCUT2D eigenvalue weighted by molar-refractivity contribution is 0.135. The number of ether oxygens (including phenoxy) is 2. The molecule has 1 aromatic carbocycles. The molecule has 1 N–H and O–H groups in total. The van der Waals surface area contributed by atoms with E-state index in [1.54, 1.807) is 12.1 Å². The smallest absolute Gasteiger partial charge is 0.129 e. The number of hydrogen-bond donors (Lipinski definition) is 1. The third-order valence-electron chi connectivity index (χ3n) is 1.99. The minimum atomic E-state index is -1.23. The summed E-state index contributed by atoms with van der Waals surface area (Å²) in [5.41, 5.74) is 0.325. The zero-order valence-corrected chi connectivity index (χ0v) is 10.0. The number of aliphatic hydroxyl groups is 1. The average molecular weight is 279 g/mol. The molecule has 1 unspecified atom stereocenters. The van der Waals surface area contributed by atoms with Gasteiger partial charge in [-0.05, 0) is 12.1 Å². The van der Waals surface area contributed by atoms with Gasteiger partial charge in [0.15, 0.2) is 0 Å². The van der Waals surface area contributed by atoms with Crippen LogP contribution in [0.5, 0.6) is 11.5 Å². The van der Waals surface area contributed by atoms with Crippen molar-refractivity contribution < 1.29 is 19.0 Å². The van der Waals surface area contributed by atoms with E-state index >= 15 is 0 Å². The highest BCUT2D eigenvalue weighted by atomic mass is 79.9. The van der Waals surface area contributed by atoms with Crippen LogP contribution < -0.4 is 9.47 Å². The lowest BCUT2D eigenvalue weighted by Gasteiger charge is -2.16. The van der Waals surface area contributed by atoms with Crippen molar-refractivity contribution >= 4 is 15.9 Å². The normalized spacial score (nSPS) is 12.3. The Balaban J connectivity index is 3.30. The quantitative estimate of drug-likeness (QED) is 0.920. The Bertz CT molecular complexity index is 318. The van der Waals surface area contributed by atoms with Crippen LogP contribution in [0.3, 0.4) is 0 Å². The number of halogens is 2. The summed E-state index contributed by atoms with van der Waals surface area (Å²) >= 11 is 3.26. The number of hydrogen-bond acceptors (Lipinski definition) is 3. The first-order valence-corrected chi connectivity index (χ1v) is 5.08. The van der Waals surface area contributed by atoms with E-state index in [4.69, 9.17) is 9.47 Å². The van der Waals surface area contributed by atoms with Crippen LogP contribution in [-0.4, -0.2) is 26.0 Å². The van der Waals surface area contributed by atoms with Crippen LogP contribution in [0.2, 0.25) is 0 Å². The average Bonchev–Trinajstić information content (AvgIpc) is 2.26. The Morgan fingerprint density at radius 1 is 1.33 bits per heavy atom. The van der Waals surface area contributed by atoms with Crippen LogP contribution in [0, 0.1) is 0 Å². The van der Waals surface area contributed by atoms with Crippen molar-refractivity contribution in [3.8, 4) is 11.5 Å². The van der Waals surface area contributed by atoms with Crippen molar-refractivity contribution in [1.29, 1.82) is 0 Å². The minimum Gasteiger partial charge on any atom is -0.496 e. The lowest BCUT2D eigenvalue weighted by Crippen LogP contribution is -2.05. The van der Waals surface area contributed by atoms with Crippen LogP contribution in [0.4, 0.5) is 4.39 Å². The van der Waals surface area contributed by atoms with Crippen LogP contribution >= 0.6 is 15.9 Å². The maximum absolute atomic E-state index is 12.4. The molecule has 0 aliphatic carbocycles. The lowest BCUT2D eigenvalue weighted by atomic mass is 10.1. The summed E-state index contributed by atoms with van der Waals surface area (Å²) in [4.78, 5) is 0. The van der Waals surface area contributed by atoms with Gasteiger partial charge in [0.2, 0.25) is 0 Å². The van der Waals surface area contributed by atoms with E-state index in [-0.39, 0.29) is 0 Å². The van der Waals surface area contributed by atoms with E-state index in [1.165, 1.54) is 14.2 Å². The van der Waals surface area contributed by atoms with Gasteiger partial charge in [0.05, 0.1) is 19.8 Å². The SMILES string of the molecule is COc1cc(Br)cc(OC)c1C(O)CF. The highest BCUT2D eigenvalue weighted by Crippen LogP contribution is 2.37. The molecule has 0 saturated carbocycles. The molecular formula is C10H12BrFO3. The fraction of sp³-hybridized carbons (Fsp3) is 0.400. The number of aliphatic hydroxyl groups excluding tert-OH is 1. The van der Waals surface area contributed by atoms with Crippen LogP contribution in [0.25, 0.3) is 0 Å². The topological polar surface area (TPSA) is 38.7 Å². The highest BCUT2D eigenvalue weighted by molar-refractivity contribution is 9.10. The zero-order chi connectivity index (χ0) is 11.4. The summed E-state index contributed by atoms with van der Waals surface area (Å²) in [6.07, 6.45) is -1.23. The van der Waals surface area contributed by atoms with Gasteiger partial charge in [0.25, 0.3) is 0 Å². The largest absolute Gasteiger partial charge is 0.496 e. The summed E-state index contributed by atoms with van der Waals surface area (Å²) < 4.78 is 23.3. The first-order chi connectivity index (χ1) is 7.13. The van der Waals surface area contributed by atoms with E-state index in [1.807, 2.05) is 0 Å². The molecule has 0 aliphatic heterocycles. The molecule has 1 rings (SSSR count). The van der Waals surface area contributed by atoms with Crippen molar-refractivity contribution in [3.63, 3.8) is 0 Å². The molecule has 0 aromatic heterocycles. The Kier molecular flexibility index (Phi) is 4.35. The van der Waals surface area contributed by atoms with Gasteiger partial charge in [0.1, 0.15) is 24.3 Å². The molecule has 1 atom stereocenters. The molecule has 5 heteroatoms. The summed E-state index contributed by atoms with van der Waals surface area (Å²) in [6.45, 7) is -0.881. The molecule has 0 fully saturated rings. The standard InChI is InChI=1S/C10H12BrFO3/c1-14-8-3-6(11)4-9(15-2)10(8)7(13)5-12/h3-4,7,13H,5H2,1-2H3. The summed E-state index contributed by atoms with van der Waals surface area (Å²) in [5.74, 6) is 0.790.